The summed E-state index contributed by atoms with van der Waals surface area (Å²) in [5.74, 6) is 1.36. The average molecular weight is 235 g/mol. The Kier molecular flexibility index (Phi) is 3.78. The number of piperidine rings is 1. The molecule has 0 bridgehead atoms. The van der Waals surface area contributed by atoms with Gasteiger partial charge in [0.25, 0.3) is 0 Å². The lowest BCUT2D eigenvalue weighted by Crippen LogP contribution is -2.43. The Morgan fingerprint density at radius 2 is 2.12 bits per heavy atom. The SMILES string of the molecule is CCN1CCC(N(C)c2cncc(N)n2)CC1. The maximum atomic E-state index is 5.66. The lowest BCUT2D eigenvalue weighted by molar-refractivity contribution is 0.220. The van der Waals surface area contributed by atoms with E-state index in [0.717, 1.165) is 12.4 Å². The number of aromatic nitrogens is 2. The Labute approximate surface area is 103 Å². The van der Waals surface area contributed by atoms with E-state index in [2.05, 4.69) is 33.7 Å². The zero-order valence-corrected chi connectivity index (χ0v) is 10.6. The van der Waals surface area contributed by atoms with Crippen LogP contribution in [-0.2, 0) is 0 Å². The van der Waals surface area contributed by atoms with Crippen LogP contribution in [0.5, 0.6) is 0 Å². The Hall–Kier alpha value is -1.36. The van der Waals surface area contributed by atoms with Crippen molar-refractivity contribution in [2.24, 2.45) is 0 Å². The minimum absolute atomic E-state index is 0.486. The van der Waals surface area contributed by atoms with Crippen molar-refractivity contribution in [1.29, 1.82) is 0 Å². The quantitative estimate of drug-likeness (QED) is 0.846. The molecule has 0 saturated carbocycles. The monoisotopic (exact) mass is 235 g/mol. The van der Waals surface area contributed by atoms with E-state index < -0.39 is 0 Å². The Morgan fingerprint density at radius 3 is 2.71 bits per heavy atom. The second-order valence-corrected chi connectivity index (χ2v) is 4.58. The number of nitrogens with two attached hydrogens (primary N) is 1. The molecule has 0 radical (unpaired) electrons. The van der Waals surface area contributed by atoms with E-state index in [1.807, 2.05) is 0 Å². The van der Waals surface area contributed by atoms with Crippen molar-refractivity contribution in [2.75, 3.05) is 37.3 Å². The van der Waals surface area contributed by atoms with Crippen LogP contribution in [0.2, 0.25) is 0 Å². The van der Waals surface area contributed by atoms with Gasteiger partial charge in [0.1, 0.15) is 11.6 Å². The second-order valence-electron chi connectivity index (χ2n) is 4.58. The predicted octanol–water partition coefficient (Wildman–Crippen LogP) is 0.979. The molecule has 1 aromatic rings. The minimum atomic E-state index is 0.486. The first-order valence-electron chi connectivity index (χ1n) is 6.23. The molecule has 2 rings (SSSR count). The molecule has 94 valence electrons. The first-order valence-corrected chi connectivity index (χ1v) is 6.23. The van der Waals surface area contributed by atoms with Crippen molar-refractivity contribution < 1.29 is 0 Å². The van der Waals surface area contributed by atoms with Crippen molar-refractivity contribution in [3.05, 3.63) is 12.4 Å². The lowest BCUT2D eigenvalue weighted by atomic mass is 10.0. The molecule has 2 heterocycles. The highest BCUT2D eigenvalue weighted by Crippen LogP contribution is 2.20. The number of likely N-dealkylation sites (tertiary alicyclic amines) is 1. The van der Waals surface area contributed by atoms with Gasteiger partial charge >= 0.3 is 0 Å². The minimum Gasteiger partial charge on any atom is -0.382 e. The molecule has 1 fully saturated rings. The summed E-state index contributed by atoms with van der Waals surface area (Å²) in [5, 5.41) is 0. The zero-order valence-electron chi connectivity index (χ0n) is 10.6. The largest absolute Gasteiger partial charge is 0.382 e. The fraction of sp³-hybridized carbons (Fsp3) is 0.667. The molecule has 0 amide bonds. The molecule has 0 aromatic carbocycles. The molecular weight excluding hydrogens is 214 g/mol. The Morgan fingerprint density at radius 1 is 1.41 bits per heavy atom. The van der Waals surface area contributed by atoms with Crippen LogP contribution >= 0.6 is 0 Å². The number of hydrogen-bond acceptors (Lipinski definition) is 5. The number of nitrogen functional groups attached to an aromatic ring is 1. The van der Waals surface area contributed by atoms with E-state index >= 15 is 0 Å². The summed E-state index contributed by atoms with van der Waals surface area (Å²) >= 11 is 0. The van der Waals surface area contributed by atoms with Gasteiger partial charge < -0.3 is 15.5 Å². The summed E-state index contributed by atoms with van der Waals surface area (Å²) in [6, 6.07) is 0.550. The van der Waals surface area contributed by atoms with Crippen molar-refractivity contribution >= 4 is 11.6 Å². The van der Waals surface area contributed by atoms with E-state index in [1.54, 1.807) is 12.4 Å². The van der Waals surface area contributed by atoms with Gasteiger partial charge in [-0.3, -0.25) is 4.98 Å². The maximum absolute atomic E-state index is 5.66. The summed E-state index contributed by atoms with van der Waals surface area (Å²) in [5.41, 5.74) is 5.66. The molecule has 0 spiro atoms. The van der Waals surface area contributed by atoms with E-state index in [1.165, 1.54) is 25.9 Å². The number of hydrogen-bond donors (Lipinski definition) is 1. The van der Waals surface area contributed by atoms with Crippen LogP contribution < -0.4 is 10.6 Å². The molecule has 0 aliphatic carbocycles. The van der Waals surface area contributed by atoms with Gasteiger partial charge in [0.2, 0.25) is 0 Å². The van der Waals surface area contributed by atoms with Crippen LogP contribution in [0.25, 0.3) is 0 Å². The number of rotatable bonds is 3. The van der Waals surface area contributed by atoms with E-state index in [9.17, 15) is 0 Å². The third-order valence-electron chi connectivity index (χ3n) is 3.55. The molecular formula is C12H21N5. The summed E-state index contributed by atoms with van der Waals surface area (Å²) in [4.78, 5) is 13.1. The highest BCUT2D eigenvalue weighted by atomic mass is 15.2. The Balaban J connectivity index is 1.99. The third-order valence-corrected chi connectivity index (χ3v) is 3.55. The van der Waals surface area contributed by atoms with Gasteiger partial charge in [0.05, 0.1) is 12.4 Å². The van der Waals surface area contributed by atoms with E-state index in [-0.39, 0.29) is 0 Å². The average Bonchev–Trinajstić information content (AvgIpc) is 2.38. The van der Waals surface area contributed by atoms with Gasteiger partial charge in [-0.25, -0.2) is 4.98 Å². The molecule has 0 unspecified atom stereocenters. The normalized spacial score (nSPS) is 18.2. The summed E-state index contributed by atoms with van der Waals surface area (Å²) in [6.45, 7) is 5.70. The van der Waals surface area contributed by atoms with Gasteiger partial charge in [-0.2, -0.15) is 0 Å². The van der Waals surface area contributed by atoms with Gasteiger partial charge in [-0.1, -0.05) is 6.92 Å². The smallest absolute Gasteiger partial charge is 0.149 e. The Bertz CT molecular complexity index is 360. The predicted molar refractivity (Wildman–Crippen MR) is 70.0 cm³/mol. The molecule has 2 N–H and O–H groups in total. The number of nitrogens with zero attached hydrogens (tertiary/aromatic N) is 4. The molecule has 5 heteroatoms. The van der Waals surface area contributed by atoms with Crippen molar-refractivity contribution in [1.82, 2.24) is 14.9 Å². The first-order chi connectivity index (χ1) is 8.20. The van der Waals surface area contributed by atoms with Crippen LogP contribution in [-0.4, -0.2) is 47.6 Å². The standard InChI is InChI=1S/C12H21N5/c1-3-17-6-4-10(5-7-17)16(2)12-9-14-8-11(13)15-12/h8-10H,3-7H2,1-2H3,(H2,13,15). The van der Waals surface area contributed by atoms with Gasteiger partial charge in [-0.15, -0.1) is 0 Å². The van der Waals surface area contributed by atoms with Gasteiger partial charge in [-0.05, 0) is 19.4 Å². The third kappa shape index (κ3) is 2.85. The van der Waals surface area contributed by atoms with Crippen molar-refractivity contribution in [3.8, 4) is 0 Å². The lowest BCUT2D eigenvalue weighted by Gasteiger charge is -2.36. The topological polar surface area (TPSA) is 58.3 Å². The van der Waals surface area contributed by atoms with E-state index in [4.69, 9.17) is 5.73 Å². The molecule has 1 aliphatic rings. The van der Waals surface area contributed by atoms with Crippen molar-refractivity contribution in [3.63, 3.8) is 0 Å². The molecule has 1 saturated heterocycles. The summed E-state index contributed by atoms with van der Waals surface area (Å²) in [6.07, 6.45) is 5.72. The number of anilines is 2. The van der Waals surface area contributed by atoms with Gasteiger partial charge in [0.15, 0.2) is 0 Å². The molecule has 17 heavy (non-hydrogen) atoms. The maximum Gasteiger partial charge on any atom is 0.149 e. The first kappa shape index (κ1) is 12.1. The van der Waals surface area contributed by atoms with Crippen LogP contribution in [0, 0.1) is 0 Å². The van der Waals surface area contributed by atoms with Gasteiger partial charge in [0, 0.05) is 26.2 Å². The molecule has 5 nitrogen and oxygen atoms in total. The van der Waals surface area contributed by atoms with Crippen LogP contribution in [0.1, 0.15) is 19.8 Å². The van der Waals surface area contributed by atoms with Crippen molar-refractivity contribution in [2.45, 2.75) is 25.8 Å². The molecule has 1 aromatic heterocycles. The van der Waals surface area contributed by atoms with Crippen LogP contribution in [0.4, 0.5) is 11.6 Å². The highest BCUT2D eigenvalue weighted by Gasteiger charge is 2.22. The second kappa shape index (κ2) is 5.31. The fourth-order valence-electron chi connectivity index (χ4n) is 2.35. The zero-order chi connectivity index (χ0) is 12.3. The van der Waals surface area contributed by atoms with Crippen LogP contribution in [0.15, 0.2) is 12.4 Å². The molecule has 0 atom stereocenters. The van der Waals surface area contributed by atoms with Crippen LogP contribution in [0.3, 0.4) is 0 Å². The summed E-state index contributed by atoms with van der Waals surface area (Å²) in [7, 11) is 2.08. The van der Waals surface area contributed by atoms with E-state index in [0.29, 0.717) is 11.9 Å². The summed E-state index contributed by atoms with van der Waals surface area (Å²) < 4.78 is 0. The molecule has 1 aliphatic heterocycles. The fourth-order valence-corrected chi connectivity index (χ4v) is 2.35. The highest BCUT2D eigenvalue weighted by molar-refractivity contribution is 5.41.